The van der Waals surface area contributed by atoms with Gasteiger partial charge in [-0.1, -0.05) is 18.2 Å². The number of fused-ring (bicyclic) bond motifs is 7. The predicted molar refractivity (Wildman–Crippen MR) is 75.2 cm³/mol. The van der Waals surface area contributed by atoms with Gasteiger partial charge in [-0.05, 0) is 18.2 Å². The maximum Gasteiger partial charge on any atom is 0.341 e. The molecule has 0 aliphatic carbocycles. The van der Waals surface area contributed by atoms with Crippen LogP contribution in [0.1, 0.15) is 5.56 Å². The van der Waals surface area contributed by atoms with E-state index in [-0.39, 0.29) is 0 Å². The average molecular weight is 262 g/mol. The van der Waals surface area contributed by atoms with Gasteiger partial charge in [-0.25, -0.2) is 9.55 Å². The van der Waals surface area contributed by atoms with Crippen LogP contribution in [0.25, 0.3) is 33.7 Å². The van der Waals surface area contributed by atoms with Gasteiger partial charge in [0.1, 0.15) is 6.54 Å². The smallest absolute Gasteiger partial charge is 0.341 e. The number of aryl methyl sites for hydroxylation is 1. The van der Waals surface area contributed by atoms with E-state index >= 15 is 0 Å². The van der Waals surface area contributed by atoms with Crippen LogP contribution in [0.2, 0.25) is 0 Å². The third kappa shape index (κ3) is 1.04. The third-order valence-electron chi connectivity index (χ3n) is 4.14. The highest BCUT2D eigenvalue weighted by atomic mass is 16.3. The van der Waals surface area contributed by atoms with Crippen molar-refractivity contribution in [1.29, 1.82) is 0 Å². The molecule has 0 spiro atoms. The molecule has 0 N–H and O–H groups in total. The summed E-state index contributed by atoms with van der Waals surface area (Å²) in [5.74, 6) is 1.20. The minimum atomic E-state index is 0.847. The highest BCUT2D eigenvalue weighted by Gasteiger charge is 2.36. The van der Waals surface area contributed by atoms with Crippen molar-refractivity contribution in [1.82, 2.24) is 9.55 Å². The van der Waals surface area contributed by atoms with Crippen molar-refractivity contribution in [2.45, 2.75) is 6.54 Å². The van der Waals surface area contributed by atoms with Gasteiger partial charge in [0.05, 0.1) is 12.6 Å². The van der Waals surface area contributed by atoms with Crippen molar-refractivity contribution in [3.05, 3.63) is 48.2 Å². The lowest BCUT2D eigenvalue weighted by Crippen LogP contribution is -2.31. The number of hydrogen-bond donors (Lipinski definition) is 0. The SMILES string of the molecule is Cn1c2[n+](c3oc4cccnc4c31)Cc1ccccc1-2. The van der Waals surface area contributed by atoms with E-state index in [1.165, 1.54) is 17.0 Å². The Morgan fingerprint density at radius 1 is 1.20 bits per heavy atom. The van der Waals surface area contributed by atoms with Gasteiger partial charge in [-0.3, -0.25) is 0 Å². The van der Waals surface area contributed by atoms with Gasteiger partial charge in [-0.15, -0.1) is 0 Å². The van der Waals surface area contributed by atoms with Gasteiger partial charge in [0.15, 0.2) is 11.1 Å². The van der Waals surface area contributed by atoms with Gasteiger partial charge in [0.25, 0.3) is 5.82 Å². The second-order valence-corrected chi connectivity index (χ2v) is 5.23. The lowest BCUT2D eigenvalue weighted by molar-refractivity contribution is -0.652. The van der Waals surface area contributed by atoms with Crippen LogP contribution in [0, 0.1) is 0 Å². The van der Waals surface area contributed by atoms with Crippen molar-refractivity contribution >= 4 is 22.3 Å². The standard InChI is InChI=1S/C16H12N3O/c1-18-14-13-12(7-4-8-17-13)20-16(14)19-9-10-5-2-3-6-11(10)15(18)19/h2-8H,9H2,1H3/q+1. The molecule has 1 aliphatic rings. The molecular weight excluding hydrogens is 250 g/mol. The fourth-order valence-electron chi connectivity index (χ4n) is 3.29. The first-order chi connectivity index (χ1) is 9.84. The molecule has 3 aromatic heterocycles. The van der Waals surface area contributed by atoms with Crippen LogP contribution >= 0.6 is 0 Å². The Kier molecular flexibility index (Phi) is 1.67. The molecule has 96 valence electrons. The van der Waals surface area contributed by atoms with Crippen molar-refractivity contribution < 1.29 is 8.98 Å². The van der Waals surface area contributed by atoms with Crippen molar-refractivity contribution in [2.24, 2.45) is 7.05 Å². The molecule has 4 heteroatoms. The van der Waals surface area contributed by atoms with E-state index < -0.39 is 0 Å². The van der Waals surface area contributed by atoms with Gasteiger partial charge < -0.3 is 4.42 Å². The summed E-state index contributed by atoms with van der Waals surface area (Å²) in [6.45, 7) is 0.864. The van der Waals surface area contributed by atoms with Crippen LogP contribution in [0.3, 0.4) is 0 Å². The Labute approximate surface area is 114 Å². The fraction of sp³-hybridized carbons (Fsp3) is 0.125. The average Bonchev–Trinajstić information content (AvgIpc) is 3.10. The Hall–Kier alpha value is -2.62. The molecule has 4 heterocycles. The molecule has 0 unspecified atom stereocenters. The molecule has 0 atom stereocenters. The van der Waals surface area contributed by atoms with Gasteiger partial charge >= 0.3 is 5.71 Å². The number of hydrogen-bond acceptors (Lipinski definition) is 2. The van der Waals surface area contributed by atoms with Crippen molar-refractivity contribution in [3.8, 4) is 11.4 Å². The molecule has 0 saturated carbocycles. The van der Waals surface area contributed by atoms with Crippen LogP contribution in [0.4, 0.5) is 0 Å². The topological polar surface area (TPSA) is 34.8 Å². The van der Waals surface area contributed by atoms with Crippen LogP contribution in [0.15, 0.2) is 47.0 Å². The number of nitrogens with zero attached hydrogens (tertiary/aromatic N) is 3. The first-order valence-electron chi connectivity index (χ1n) is 6.68. The highest BCUT2D eigenvalue weighted by molar-refractivity contribution is 5.98. The lowest BCUT2D eigenvalue weighted by atomic mass is 10.1. The second kappa shape index (κ2) is 3.28. The summed E-state index contributed by atoms with van der Waals surface area (Å²) in [6, 6.07) is 12.4. The molecule has 0 bridgehead atoms. The Balaban J connectivity index is 1.98. The molecule has 0 radical (unpaired) electrons. The number of aromatic nitrogens is 3. The summed E-state index contributed by atoms with van der Waals surface area (Å²) in [6.07, 6.45) is 1.81. The quantitative estimate of drug-likeness (QED) is 0.402. The molecule has 4 nitrogen and oxygen atoms in total. The molecule has 1 aliphatic heterocycles. The maximum absolute atomic E-state index is 6.03. The number of benzene rings is 1. The number of imidazole rings is 1. The zero-order valence-electron chi connectivity index (χ0n) is 11.0. The summed E-state index contributed by atoms with van der Waals surface area (Å²) in [5.41, 5.74) is 6.39. The van der Waals surface area contributed by atoms with Crippen molar-refractivity contribution in [3.63, 3.8) is 0 Å². The van der Waals surface area contributed by atoms with E-state index in [2.05, 4.69) is 45.4 Å². The van der Waals surface area contributed by atoms with E-state index in [1.54, 1.807) is 0 Å². The van der Waals surface area contributed by atoms with Crippen LogP contribution in [-0.2, 0) is 13.6 Å². The molecular formula is C16H12N3O+. The van der Waals surface area contributed by atoms with Crippen LogP contribution in [-0.4, -0.2) is 9.55 Å². The molecule has 0 fully saturated rings. The summed E-state index contributed by atoms with van der Waals surface area (Å²) in [7, 11) is 2.08. The maximum atomic E-state index is 6.03. The lowest BCUT2D eigenvalue weighted by Gasteiger charge is -1.94. The Bertz CT molecular complexity index is 994. The normalized spacial score (nSPS) is 13.1. The van der Waals surface area contributed by atoms with E-state index in [0.717, 1.165) is 28.9 Å². The molecule has 5 rings (SSSR count). The van der Waals surface area contributed by atoms with Crippen molar-refractivity contribution in [2.75, 3.05) is 0 Å². The van der Waals surface area contributed by atoms with E-state index in [0.29, 0.717) is 0 Å². The molecule has 1 aromatic carbocycles. The number of rotatable bonds is 0. The Morgan fingerprint density at radius 3 is 3.05 bits per heavy atom. The number of pyridine rings is 1. The summed E-state index contributed by atoms with van der Waals surface area (Å²) >= 11 is 0. The first kappa shape index (κ1) is 10.2. The van der Waals surface area contributed by atoms with Crippen LogP contribution in [0.5, 0.6) is 0 Å². The molecule has 0 saturated heterocycles. The largest absolute Gasteiger partial charge is 0.417 e. The molecule has 0 amide bonds. The summed E-state index contributed by atoms with van der Waals surface area (Å²) < 4.78 is 10.5. The fourth-order valence-corrected chi connectivity index (χ4v) is 3.29. The third-order valence-corrected chi connectivity index (χ3v) is 4.14. The molecule has 4 aromatic rings. The highest BCUT2D eigenvalue weighted by Crippen LogP contribution is 2.34. The van der Waals surface area contributed by atoms with E-state index in [4.69, 9.17) is 4.42 Å². The number of furan rings is 1. The predicted octanol–water partition coefficient (Wildman–Crippen LogP) is 2.64. The zero-order chi connectivity index (χ0) is 13.3. The Morgan fingerprint density at radius 2 is 2.10 bits per heavy atom. The van der Waals surface area contributed by atoms with Crippen LogP contribution < -0.4 is 4.57 Å². The van der Waals surface area contributed by atoms with Gasteiger partial charge in [0.2, 0.25) is 5.52 Å². The van der Waals surface area contributed by atoms with E-state index in [9.17, 15) is 0 Å². The zero-order valence-corrected chi connectivity index (χ0v) is 11.0. The molecule has 20 heavy (non-hydrogen) atoms. The summed E-state index contributed by atoms with van der Waals surface area (Å²) in [5, 5.41) is 0. The minimum absolute atomic E-state index is 0.847. The second-order valence-electron chi connectivity index (χ2n) is 5.23. The minimum Gasteiger partial charge on any atom is -0.417 e. The monoisotopic (exact) mass is 262 g/mol. The van der Waals surface area contributed by atoms with E-state index in [1.807, 2.05) is 18.3 Å². The summed E-state index contributed by atoms with van der Waals surface area (Å²) in [4.78, 5) is 4.47. The first-order valence-corrected chi connectivity index (χ1v) is 6.68. The van der Waals surface area contributed by atoms with Gasteiger partial charge in [-0.2, -0.15) is 4.57 Å². The van der Waals surface area contributed by atoms with Gasteiger partial charge in [0, 0.05) is 11.8 Å².